The number of hydrogen-bond acceptors (Lipinski definition) is 4. The Morgan fingerprint density at radius 3 is 2.19 bits per heavy atom. The standard InChI is InChI=1S/C30H31Cl4N3O4S/c1-42(40,41)37(27-17-22(31)12-14-25(27)33)19-29(38)36(18-21-11-13-24(32)26(34)15-21)28(16-20-7-3-2-4-8-20)30(39)35-23-9-5-6-10-23/h2-4,7-8,11-15,17,23,28H,5-6,9-10,16,18-19H2,1H3,(H,35,39)/t28-/m0/s1. The first-order chi connectivity index (χ1) is 19.9. The average molecular weight is 671 g/mol. The van der Waals surface area contributed by atoms with Crippen molar-refractivity contribution in [2.24, 2.45) is 0 Å². The van der Waals surface area contributed by atoms with Crippen LogP contribution in [0.1, 0.15) is 36.8 Å². The monoisotopic (exact) mass is 669 g/mol. The van der Waals surface area contributed by atoms with Crippen LogP contribution in [0.25, 0.3) is 0 Å². The Balaban J connectivity index is 1.76. The Bertz CT molecular complexity index is 1530. The molecule has 3 aromatic rings. The highest BCUT2D eigenvalue weighted by molar-refractivity contribution is 7.92. The van der Waals surface area contributed by atoms with Gasteiger partial charge in [-0.2, -0.15) is 0 Å². The van der Waals surface area contributed by atoms with Gasteiger partial charge in [0.05, 0.1) is 27.0 Å². The van der Waals surface area contributed by atoms with Crippen molar-refractivity contribution < 1.29 is 18.0 Å². The van der Waals surface area contributed by atoms with Crippen LogP contribution in [0, 0.1) is 0 Å². The predicted molar refractivity (Wildman–Crippen MR) is 170 cm³/mol. The minimum atomic E-state index is -3.99. The second-order valence-corrected chi connectivity index (χ2v) is 13.9. The number of nitrogens with zero attached hydrogens (tertiary/aromatic N) is 2. The summed E-state index contributed by atoms with van der Waals surface area (Å²) in [6.07, 6.45) is 4.95. The van der Waals surface area contributed by atoms with Gasteiger partial charge in [-0.1, -0.05) is 95.6 Å². The molecule has 0 aromatic heterocycles. The summed E-state index contributed by atoms with van der Waals surface area (Å²) in [6, 6.07) is 17.7. The average Bonchev–Trinajstić information content (AvgIpc) is 3.45. The largest absolute Gasteiger partial charge is 0.352 e. The summed E-state index contributed by atoms with van der Waals surface area (Å²) in [5.74, 6) is -0.920. The van der Waals surface area contributed by atoms with Crippen LogP contribution in [0.4, 0.5) is 5.69 Å². The van der Waals surface area contributed by atoms with Gasteiger partial charge >= 0.3 is 0 Å². The maximum atomic E-state index is 14.2. The molecule has 7 nitrogen and oxygen atoms in total. The zero-order valence-corrected chi connectivity index (χ0v) is 26.7. The lowest BCUT2D eigenvalue weighted by atomic mass is 10.0. The van der Waals surface area contributed by atoms with Crippen LogP contribution in [0.5, 0.6) is 0 Å². The molecule has 1 fully saturated rings. The summed E-state index contributed by atoms with van der Waals surface area (Å²) in [5, 5.41) is 4.11. The maximum absolute atomic E-state index is 14.2. The molecule has 4 rings (SSSR count). The number of amides is 2. The highest BCUT2D eigenvalue weighted by atomic mass is 35.5. The van der Waals surface area contributed by atoms with Crippen molar-refractivity contribution in [1.29, 1.82) is 0 Å². The second-order valence-electron chi connectivity index (χ2n) is 10.3. The first-order valence-corrected chi connectivity index (χ1v) is 16.8. The number of rotatable bonds is 11. The molecule has 0 radical (unpaired) electrons. The summed E-state index contributed by atoms with van der Waals surface area (Å²) in [7, 11) is -3.99. The van der Waals surface area contributed by atoms with E-state index in [-0.39, 0.29) is 40.6 Å². The molecule has 0 unspecified atom stereocenters. The van der Waals surface area contributed by atoms with Gasteiger partial charge in [0.2, 0.25) is 21.8 Å². The lowest BCUT2D eigenvalue weighted by Gasteiger charge is -2.34. The topological polar surface area (TPSA) is 86.8 Å². The smallest absolute Gasteiger partial charge is 0.244 e. The van der Waals surface area contributed by atoms with Gasteiger partial charge in [-0.05, 0) is 54.3 Å². The van der Waals surface area contributed by atoms with Crippen molar-refractivity contribution in [3.8, 4) is 0 Å². The molecule has 12 heteroatoms. The van der Waals surface area contributed by atoms with Crippen LogP contribution in [0.3, 0.4) is 0 Å². The molecule has 0 spiro atoms. The third-order valence-corrected chi connectivity index (χ3v) is 9.59. The Labute approximate surface area is 266 Å². The van der Waals surface area contributed by atoms with E-state index in [9.17, 15) is 18.0 Å². The molecule has 0 bridgehead atoms. The summed E-state index contributed by atoms with van der Waals surface area (Å²) >= 11 is 24.9. The number of anilines is 1. The van der Waals surface area contributed by atoms with E-state index in [0.29, 0.717) is 15.6 Å². The highest BCUT2D eigenvalue weighted by Crippen LogP contribution is 2.31. The zero-order chi connectivity index (χ0) is 30.4. The molecule has 42 heavy (non-hydrogen) atoms. The van der Waals surface area contributed by atoms with Gasteiger partial charge < -0.3 is 10.2 Å². The van der Waals surface area contributed by atoms with Gasteiger partial charge in [0.15, 0.2) is 0 Å². The molecule has 1 saturated carbocycles. The quantitative estimate of drug-likeness (QED) is 0.244. The first-order valence-electron chi connectivity index (χ1n) is 13.4. The molecular weight excluding hydrogens is 640 g/mol. The van der Waals surface area contributed by atoms with Crippen molar-refractivity contribution in [2.45, 2.75) is 50.7 Å². The minimum Gasteiger partial charge on any atom is -0.352 e. The van der Waals surface area contributed by atoms with E-state index in [1.165, 1.54) is 23.1 Å². The predicted octanol–water partition coefficient (Wildman–Crippen LogP) is 6.77. The molecule has 2 amide bonds. The first kappa shape index (κ1) is 32.4. The van der Waals surface area contributed by atoms with E-state index in [0.717, 1.165) is 41.8 Å². The molecule has 1 aliphatic rings. The number of sulfonamides is 1. The normalized spacial score (nSPS) is 14.4. The van der Waals surface area contributed by atoms with Gasteiger partial charge in [-0.15, -0.1) is 0 Å². The molecular formula is C30H31Cl4N3O4S. The van der Waals surface area contributed by atoms with Crippen molar-refractivity contribution in [3.63, 3.8) is 0 Å². The number of benzene rings is 3. The Hall–Kier alpha value is -2.49. The van der Waals surface area contributed by atoms with E-state index in [2.05, 4.69) is 5.32 Å². The molecule has 0 saturated heterocycles. The fourth-order valence-corrected chi connectivity index (χ4v) is 6.64. The molecule has 0 heterocycles. The Kier molecular flexibility index (Phi) is 11.1. The van der Waals surface area contributed by atoms with E-state index in [1.807, 2.05) is 30.3 Å². The fraction of sp³-hybridized carbons (Fsp3) is 0.333. The van der Waals surface area contributed by atoms with Crippen LogP contribution < -0.4 is 9.62 Å². The van der Waals surface area contributed by atoms with E-state index >= 15 is 0 Å². The minimum absolute atomic E-state index is 0.00971. The van der Waals surface area contributed by atoms with Crippen molar-refractivity contribution in [3.05, 3.63) is 97.9 Å². The maximum Gasteiger partial charge on any atom is 0.244 e. The molecule has 1 N–H and O–H groups in total. The Morgan fingerprint density at radius 2 is 1.55 bits per heavy atom. The van der Waals surface area contributed by atoms with Crippen LogP contribution in [0.15, 0.2) is 66.7 Å². The van der Waals surface area contributed by atoms with Crippen LogP contribution in [-0.4, -0.2) is 50.0 Å². The van der Waals surface area contributed by atoms with Crippen molar-refractivity contribution in [2.75, 3.05) is 17.1 Å². The lowest BCUT2D eigenvalue weighted by molar-refractivity contribution is -0.140. The number of halogens is 4. The van der Waals surface area contributed by atoms with Crippen molar-refractivity contribution in [1.82, 2.24) is 10.2 Å². The fourth-order valence-electron chi connectivity index (χ4n) is 5.03. The number of carbonyl (C=O) groups excluding carboxylic acids is 2. The molecule has 224 valence electrons. The zero-order valence-electron chi connectivity index (χ0n) is 22.9. The van der Waals surface area contributed by atoms with Crippen LogP contribution in [0.2, 0.25) is 20.1 Å². The third kappa shape index (κ3) is 8.54. The van der Waals surface area contributed by atoms with Crippen molar-refractivity contribution >= 4 is 73.9 Å². The molecule has 1 atom stereocenters. The van der Waals surface area contributed by atoms with E-state index in [4.69, 9.17) is 46.4 Å². The molecule has 0 aliphatic heterocycles. The van der Waals surface area contributed by atoms with Crippen LogP contribution in [-0.2, 0) is 32.6 Å². The summed E-state index contributed by atoms with van der Waals surface area (Å²) in [6.45, 7) is -0.631. The number of hydrogen-bond donors (Lipinski definition) is 1. The number of carbonyl (C=O) groups is 2. The van der Waals surface area contributed by atoms with Gasteiger partial charge in [0, 0.05) is 24.0 Å². The lowest BCUT2D eigenvalue weighted by Crippen LogP contribution is -2.54. The second kappa shape index (κ2) is 14.3. The molecule has 1 aliphatic carbocycles. The third-order valence-electron chi connectivity index (χ3n) is 7.17. The van der Waals surface area contributed by atoms with Gasteiger partial charge in [0.25, 0.3) is 0 Å². The Morgan fingerprint density at radius 1 is 0.881 bits per heavy atom. The van der Waals surface area contributed by atoms with E-state index < -0.39 is 28.5 Å². The summed E-state index contributed by atoms with van der Waals surface area (Å²) < 4.78 is 26.8. The van der Waals surface area contributed by atoms with E-state index in [1.54, 1.807) is 18.2 Å². The van der Waals surface area contributed by atoms with Gasteiger partial charge in [-0.3, -0.25) is 13.9 Å². The highest BCUT2D eigenvalue weighted by Gasteiger charge is 2.34. The number of nitrogens with one attached hydrogen (secondary N) is 1. The summed E-state index contributed by atoms with van der Waals surface area (Å²) in [4.78, 5) is 29.5. The summed E-state index contributed by atoms with van der Waals surface area (Å²) in [5.41, 5.74) is 1.52. The van der Waals surface area contributed by atoms with Gasteiger partial charge in [0.1, 0.15) is 12.6 Å². The molecule has 3 aromatic carbocycles. The SMILES string of the molecule is CS(=O)(=O)N(CC(=O)N(Cc1ccc(Cl)c(Cl)c1)[C@@H](Cc1ccccc1)C(=O)NC1CCCC1)c1cc(Cl)ccc1Cl. The van der Waals surface area contributed by atoms with Gasteiger partial charge in [-0.25, -0.2) is 8.42 Å². The van der Waals surface area contributed by atoms with Crippen LogP contribution >= 0.6 is 46.4 Å².